The Morgan fingerprint density at radius 3 is 2.58 bits per heavy atom. The molecule has 0 spiro atoms. The number of nitrogens with two attached hydrogens (primary N) is 1. The lowest BCUT2D eigenvalue weighted by molar-refractivity contribution is -0.0767. The van der Waals surface area contributed by atoms with Crippen LogP contribution in [0, 0.1) is 6.92 Å². The van der Waals surface area contributed by atoms with Crippen LogP contribution in [0.25, 0.3) is 0 Å². The van der Waals surface area contributed by atoms with Gasteiger partial charge in [0.25, 0.3) is 0 Å². The molecule has 0 saturated carbocycles. The Morgan fingerprint density at radius 1 is 1.37 bits per heavy atom. The van der Waals surface area contributed by atoms with Gasteiger partial charge >= 0.3 is 0 Å². The molecule has 2 rings (SSSR count). The van der Waals surface area contributed by atoms with Gasteiger partial charge < -0.3 is 15.6 Å². The maximum Gasteiger partial charge on any atom is 0.0917 e. The Kier molecular flexibility index (Phi) is 4.45. The first-order valence-electron chi connectivity index (χ1n) is 6.87. The molecule has 0 amide bonds. The van der Waals surface area contributed by atoms with E-state index in [1.54, 1.807) is 0 Å². The molecule has 4 heteroatoms. The molecule has 19 heavy (non-hydrogen) atoms. The van der Waals surface area contributed by atoms with Crippen molar-refractivity contribution in [2.24, 2.45) is 0 Å². The van der Waals surface area contributed by atoms with Crippen molar-refractivity contribution in [3.8, 4) is 0 Å². The normalized spacial score (nSPS) is 26.3. The maximum absolute atomic E-state index is 10.3. The fourth-order valence-electron chi connectivity index (χ4n) is 2.65. The van der Waals surface area contributed by atoms with Gasteiger partial charge in [-0.25, -0.2) is 0 Å². The standard InChI is InChI=1S/C15H24N2O2/c1-10-4-5-13(6-14(10)16)15(18)9-17-7-11(2)19-12(3)8-17/h4-6,11-12,15,18H,7-9,16H2,1-3H3. The fourth-order valence-corrected chi connectivity index (χ4v) is 2.65. The number of morpholine rings is 1. The van der Waals surface area contributed by atoms with Crippen molar-refractivity contribution in [3.05, 3.63) is 29.3 Å². The molecule has 1 aliphatic rings. The molecule has 3 N–H and O–H groups in total. The van der Waals surface area contributed by atoms with Crippen LogP contribution < -0.4 is 5.73 Å². The van der Waals surface area contributed by atoms with Crippen LogP contribution in [0.5, 0.6) is 0 Å². The van der Waals surface area contributed by atoms with Crippen molar-refractivity contribution in [3.63, 3.8) is 0 Å². The van der Waals surface area contributed by atoms with E-state index in [9.17, 15) is 5.11 Å². The summed E-state index contributed by atoms with van der Waals surface area (Å²) in [5, 5.41) is 10.3. The molecular formula is C15H24N2O2. The first-order chi connectivity index (χ1) is 8.95. The number of anilines is 1. The van der Waals surface area contributed by atoms with Gasteiger partial charge in [0.05, 0.1) is 18.3 Å². The van der Waals surface area contributed by atoms with Crippen molar-refractivity contribution in [1.29, 1.82) is 0 Å². The van der Waals surface area contributed by atoms with Crippen molar-refractivity contribution < 1.29 is 9.84 Å². The number of aryl methyl sites for hydroxylation is 1. The molecule has 1 aromatic rings. The van der Waals surface area contributed by atoms with Crippen molar-refractivity contribution in [2.45, 2.75) is 39.1 Å². The van der Waals surface area contributed by atoms with Gasteiger partial charge in [0.15, 0.2) is 0 Å². The summed E-state index contributed by atoms with van der Waals surface area (Å²) in [5.41, 5.74) is 8.56. The van der Waals surface area contributed by atoms with E-state index in [0.717, 1.165) is 29.9 Å². The average molecular weight is 264 g/mol. The van der Waals surface area contributed by atoms with Gasteiger partial charge in [-0.3, -0.25) is 4.90 Å². The quantitative estimate of drug-likeness (QED) is 0.816. The Bertz CT molecular complexity index is 426. The van der Waals surface area contributed by atoms with E-state index in [2.05, 4.69) is 18.7 Å². The lowest BCUT2D eigenvalue weighted by atomic mass is 10.0. The SMILES string of the molecule is Cc1ccc(C(O)CN2CC(C)OC(C)C2)cc1N. The molecule has 1 saturated heterocycles. The third kappa shape index (κ3) is 3.69. The highest BCUT2D eigenvalue weighted by molar-refractivity contribution is 5.48. The Balaban J connectivity index is 2.00. The maximum atomic E-state index is 10.3. The molecule has 106 valence electrons. The van der Waals surface area contributed by atoms with Crippen LogP contribution in [0.15, 0.2) is 18.2 Å². The summed E-state index contributed by atoms with van der Waals surface area (Å²) < 4.78 is 5.70. The smallest absolute Gasteiger partial charge is 0.0917 e. The number of rotatable bonds is 3. The van der Waals surface area contributed by atoms with Crippen LogP contribution in [-0.2, 0) is 4.74 Å². The van der Waals surface area contributed by atoms with Crippen molar-refractivity contribution >= 4 is 5.69 Å². The lowest BCUT2D eigenvalue weighted by Gasteiger charge is -2.36. The van der Waals surface area contributed by atoms with Crippen LogP contribution >= 0.6 is 0 Å². The second-order valence-corrected chi connectivity index (χ2v) is 5.61. The third-order valence-corrected chi connectivity index (χ3v) is 3.61. The largest absolute Gasteiger partial charge is 0.399 e. The highest BCUT2D eigenvalue weighted by Crippen LogP contribution is 2.21. The number of β-amino-alcohol motifs (C(OH)–C–C–N with tert-alkyl or cyclic N) is 1. The predicted octanol–water partition coefficient (Wildman–Crippen LogP) is 1.72. The third-order valence-electron chi connectivity index (χ3n) is 3.61. The molecule has 0 aromatic heterocycles. The van der Waals surface area contributed by atoms with Crippen LogP contribution in [0.4, 0.5) is 5.69 Å². The van der Waals surface area contributed by atoms with Crippen LogP contribution in [0.2, 0.25) is 0 Å². The number of aliphatic hydroxyl groups excluding tert-OH is 1. The van der Waals surface area contributed by atoms with Crippen molar-refractivity contribution in [2.75, 3.05) is 25.4 Å². The van der Waals surface area contributed by atoms with Gasteiger partial charge in [-0.1, -0.05) is 12.1 Å². The Hall–Kier alpha value is -1.10. The van der Waals surface area contributed by atoms with E-state index in [1.165, 1.54) is 0 Å². The summed E-state index contributed by atoms with van der Waals surface area (Å²) in [6.45, 7) is 8.46. The van der Waals surface area contributed by atoms with Gasteiger partial charge in [-0.15, -0.1) is 0 Å². The Morgan fingerprint density at radius 2 is 2.00 bits per heavy atom. The number of hydrogen-bond donors (Lipinski definition) is 2. The van der Waals surface area contributed by atoms with E-state index in [-0.39, 0.29) is 12.2 Å². The first kappa shape index (κ1) is 14.3. The Labute approximate surface area is 115 Å². The average Bonchev–Trinajstić information content (AvgIpc) is 2.31. The molecule has 1 aliphatic heterocycles. The number of benzene rings is 1. The van der Waals surface area contributed by atoms with Gasteiger partial charge in [-0.2, -0.15) is 0 Å². The van der Waals surface area contributed by atoms with E-state index in [4.69, 9.17) is 10.5 Å². The number of ether oxygens (including phenoxy) is 1. The fraction of sp³-hybridized carbons (Fsp3) is 0.600. The zero-order chi connectivity index (χ0) is 14.0. The molecule has 3 unspecified atom stereocenters. The number of hydrogen-bond acceptors (Lipinski definition) is 4. The van der Waals surface area contributed by atoms with Crippen molar-refractivity contribution in [1.82, 2.24) is 4.90 Å². The molecule has 1 heterocycles. The van der Waals surface area contributed by atoms with Crippen LogP contribution in [-0.4, -0.2) is 41.8 Å². The summed E-state index contributed by atoms with van der Waals surface area (Å²) in [4.78, 5) is 2.25. The monoisotopic (exact) mass is 264 g/mol. The summed E-state index contributed by atoms with van der Waals surface area (Å²) in [6, 6.07) is 5.77. The summed E-state index contributed by atoms with van der Waals surface area (Å²) >= 11 is 0. The van der Waals surface area contributed by atoms with Crippen LogP contribution in [0.3, 0.4) is 0 Å². The molecule has 1 aromatic carbocycles. The molecular weight excluding hydrogens is 240 g/mol. The minimum atomic E-state index is -0.500. The first-order valence-corrected chi connectivity index (χ1v) is 6.87. The van der Waals surface area contributed by atoms with E-state index in [0.29, 0.717) is 6.54 Å². The van der Waals surface area contributed by atoms with Gasteiger partial charge in [0, 0.05) is 25.3 Å². The van der Waals surface area contributed by atoms with Gasteiger partial charge in [0.1, 0.15) is 0 Å². The zero-order valence-corrected chi connectivity index (χ0v) is 12.0. The molecule has 4 nitrogen and oxygen atoms in total. The number of nitrogens with zero attached hydrogens (tertiary/aromatic N) is 1. The van der Waals surface area contributed by atoms with E-state index in [1.807, 2.05) is 25.1 Å². The molecule has 0 radical (unpaired) electrons. The summed E-state index contributed by atoms with van der Waals surface area (Å²) in [6.07, 6.45) is -0.0570. The second kappa shape index (κ2) is 5.90. The highest BCUT2D eigenvalue weighted by Gasteiger charge is 2.24. The highest BCUT2D eigenvalue weighted by atomic mass is 16.5. The zero-order valence-electron chi connectivity index (χ0n) is 12.0. The van der Waals surface area contributed by atoms with Crippen LogP contribution in [0.1, 0.15) is 31.1 Å². The number of aliphatic hydroxyl groups is 1. The topological polar surface area (TPSA) is 58.7 Å². The minimum Gasteiger partial charge on any atom is -0.399 e. The molecule has 1 fully saturated rings. The van der Waals surface area contributed by atoms with E-state index < -0.39 is 6.10 Å². The van der Waals surface area contributed by atoms with Gasteiger partial charge in [0.2, 0.25) is 0 Å². The lowest BCUT2D eigenvalue weighted by Crippen LogP contribution is -2.46. The predicted molar refractivity (Wildman–Crippen MR) is 77.0 cm³/mol. The minimum absolute atomic E-state index is 0.221. The molecule has 0 aliphatic carbocycles. The summed E-state index contributed by atoms with van der Waals surface area (Å²) in [7, 11) is 0. The van der Waals surface area contributed by atoms with Gasteiger partial charge in [-0.05, 0) is 38.0 Å². The van der Waals surface area contributed by atoms with E-state index >= 15 is 0 Å². The second-order valence-electron chi connectivity index (χ2n) is 5.61. The molecule has 3 atom stereocenters. The molecule has 0 bridgehead atoms. The summed E-state index contributed by atoms with van der Waals surface area (Å²) in [5.74, 6) is 0. The number of nitrogen functional groups attached to an aromatic ring is 1.